The van der Waals surface area contributed by atoms with Crippen LogP contribution in [-0.4, -0.2) is 17.0 Å². The Labute approximate surface area is 199 Å². The molecule has 0 unspecified atom stereocenters. The number of fused-ring (bicyclic) bond motifs is 4. The first-order valence-electron chi connectivity index (χ1n) is 12.0. The van der Waals surface area contributed by atoms with E-state index in [1.165, 1.54) is 33.2 Å². The van der Waals surface area contributed by atoms with Crippen LogP contribution in [-0.2, 0) is 19.5 Å². The highest BCUT2D eigenvalue weighted by atomic mass is 16.1. The monoisotopic (exact) mass is 445 g/mol. The van der Waals surface area contributed by atoms with Crippen LogP contribution >= 0.6 is 0 Å². The van der Waals surface area contributed by atoms with Crippen LogP contribution < -0.4 is 10.2 Å². The third-order valence-electron chi connectivity index (χ3n) is 6.92. The number of carbonyl (C=O) groups excluding carboxylic acids is 1. The van der Waals surface area contributed by atoms with Crippen molar-refractivity contribution in [3.05, 3.63) is 108 Å². The number of para-hydroxylation sites is 2. The van der Waals surface area contributed by atoms with Gasteiger partial charge in [0.2, 0.25) is 0 Å². The lowest BCUT2D eigenvalue weighted by Crippen LogP contribution is -2.19. The quantitative estimate of drug-likeness (QED) is 0.330. The Morgan fingerprint density at radius 3 is 2.47 bits per heavy atom. The van der Waals surface area contributed by atoms with Crippen LogP contribution in [0.4, 0.5) is 11.4 Å². The number of benzene rings is 4. The molecule has 4 nitrogen and oxygen atoms in total. The van der Waals surface area contributed by atoms with Crippen LogP contribution in [0.5, 0.6) is 0 Å². The molecule has 0 radical (unpaired) electrons. The molecule has 1 amide bonds. The molecule has 34 heavy (non-hydrogen) atoms. The Balaban J connectivity index is 1.20. The maximum Gasteiger partial charge on any atom is 0.255 e. The zero-order valence-electron chi connectivity index (χ0n) is 19.3. The van der Waals surface area contributed by atoms with E-state index >= 15 is 0 Å². The van der Waals surface area contributed by atoms with Gasteiger partial charge in [0.05, 0.1) is 0 Å². The van der Waals surface area contributed by atoms with Gasteiger partial charge in [-0.05, 0) is 66.9 Å². The summed E-state index contributed by atoms with van der Waals surface area (Å²) in [5, 5.41) is 5.46. The number of aryl methyl sites for hydroxylation is 1. The van der Waals surface area contributed by atoms with Crippen molar-refractivity contribution >= 4 is 39.1 Å². The maximum absolute atomic E-state index is 13.0. The van der Waals surface area contributed by atoms with E-state index in [0.717, 1.165) is 37.1 Å². The maximum atomic E-state index is 13.0. The van der Waals surface area contributed by atoms with Crippen molar-refractivity contribution < 1.29 is 4.79 Å². The van der Waals surface area contributed by atoms with E-state index in [-0.39, 0.29) is 5.91 Å². The molecule has 0 bridgehead atoms. The second kappa shape index (κ2) is 8.38. The molecule has 6 rings (SSSR count). The molecule has 1 aliphatic heterocycles. The number of hydrogen-bond acceptors (Lipinski definition) is 2. The molecule has 168 valence electrons. The standard InChI is InChI=1S/C30H27N3O/c1-2-33-28-10-6-4-8-25(28)26-19-24(15-16-29(26)33)31-30(34)23-13-11-21(12-14-23)20-32-18-17-22-7-3-5-9-27(22)32/h3-16,19H,2,17-18,20H2,1H3,(H,31,34). The molecule has 1 N–H and O–H groups in total. The number of carbonyl (C=O) groups is 1. The number of nitrogens with one attached hydrogen (secondary N) is 1. The highest BCUT2D eigenvalue weighted by molar-refractivity contribution is 6.11. The van der Waals surface area contributed by atoms with Gasteiger partial charge in [0.25, 0.3) is 5.91 Å². The van der Waals surface area contributed by atoms with Crippen LogP contribution in [0.15, 0.2) is 91.0 Å². The van der Waals surface area contributed by atoms with Gasteiger partial charge in [0, 0.05) is 58.4 Å². The van der Waals surface area contributed by atoms with E-state index in [0.29, 0.717) is 5.56 Å². The summed E-state index contributed by atoms with van der Waals surface area (Å²) in [4.78, 5) is 15.4. The van der Waals surface area contributed by atoms with Gasteiger partial charge in [0.15, 0.2) is 0 Å². The molecule has 2 heterocycles. The predicted molar refractivity (Wildman–Crippen MR) is 141 cm³/mol. The smallest absolute Gasteiger partial charge is 0.255 e. The van der Waals surface area contributed by atoms with Gasteiger partial charge in [0.1, 0.15) is 0 Å². The minimum absolute atomic E-state index is 0.0864. The number of hydrogen-bond donors (Lipinski definition) is 1. The first kappa shape index (κ1) is 20.5. The van der Waals surface area contributed by atoms with Crippen molar-refractivity contribution in [1.29, 1.82) is 0 Å². The van der Waals surface area contributed by atoms with E-state index in [2.05, 4.69) is 94.5 Å². The minimum atomic E-state index is -0.0864. The molecule has 0 saturated heterocycles. The van der Waals surface area contributed by atoms with Crippen LogP contribution in [0.2, 0.25) is 0 Å². The average Bonchev–Trinajstić information content (AvgIpc) is 3.43. The lowest BCUT2D eigenvalue weighted by atomic mass is 10.1. The van der Waals surface area contributed by atoms with Gasteiger partial charge in [-0.15, -0.1) is 0 Å². The van der Waals surface area contributed by atoms with Gasteiger partial charge in [-0.1, -0.05) is 48.5 Å². The molecule has 1 aliphatic rings. The molecule has 5 aromatic rings. The molecule has 0 fully saturated rings. The van der Waals surface area contributed by atoms with E-state index in [1.807, 2.05) is 18.2 Å². The lowest BCUT2D eigenvalue weighted by molar-refractivity contribution is 0.102. The third-order valence-corrected chi connectivity index (χ3v) is 6.92. The SMILES string of the molecule is CCn1c2ccccc2c2cc(NC(=O)c3ccc(CN4CCc5ccccc54)cc3)ccc21. The van der Waals surface area contributed by atoms with E-state index in [9.17, 15) is 4.79 Å². The van der Waals surface area contributed by atoms with Crippen LogP contribution in [0.1, 0.15) is 28.4 Å². The second-order valence-electron chi connectivity index (χ2n) is 8.94. The Morgan fingerprint density at radius 1 is 0.853 bits per heavy atom. The van der Waals surface area contributed by atoms with Crippen LogP contribution in [0, 0.1) is 0 Å². The molecule has 4 aromatic carbocycles. The zero-order chi connectivity index (χ0) is 23.1. The summed E-state index contributed by atoms with van der Waals surface area (Å²) in [5.74, 6) is -0.0864. The van der Waals surface area contributed by atoms with Crippen molar-refractivity contribution in [3.8, 4) is 0 Å². The van der Waals surface area contributed by atoms with Crippen molar-refractivity contribution in [1.82, 2.24) is 4.57 Å². The predicted octanol–water partition coefficient (Wildman–Crippen LogP) is 6.63. The van der Waals surface area contributed by atoms with Crippen molar-refractivity contribution in [2.45, 2.75) is 26.4 Å². The van der Waals surface area contributed by atoms with Crippen molar-refractivity contribution in [2.24, 2.45) is 0 Å². The van der Waals surface area contributed by atoms with Crippen molar-refractivity contribution in [2.75, 3.05) is 16.8 Å². The summed E-state index contributed by atoms with van der Waals surface area (Å²) in [6, 6.07) is 31.2. The second-order valence-corrected chi connectivity index (χ2v) is 8.94. The van der Waals surface area contributed by atoms with E-state index in [1.54, 1.807) is 0 Å². The van der Waals surface area contributed by atoms with Gasteiger partial charge in [-0.25, -0.2) is 0 Å². The molecule has 4 heteroatoms. The largest absolute Gasteiger partial charge is 0.367 e. The normalized spacial score (nSPS) is 12.9. The fourth-order valence-corrected chi connectivity index (χ4v) is 5.23. The molecular weight excluding hydrogens is 418 g/mol. The molecular formula is C30H27N3O. The number of nitrogens with zero attached hydrogens (tertiary/aromatic N) is 2. The summed E-state index contributed by atoms with van der Waals surface area (Å²) < 4.78 is 2.31. The van der Waals surface area contributed by atoms with Gasteiger partial charge in [-0.2, -0.15) is 0 Å². The topological polar surface area (TPSA) is 37.3 Å². The first-order chi connectivity index (χ1) is 16.7. The molecule has 0 aliphatic carbocycles. The Morgan fingerprint density at radius 2 is 1.62 bits per heavy atom. The molecule has 0 saturated carbocycles. The summed E-state index contributed by atoms with van der Waals surface area (Å²) in [5.41, 5.74) is 7.84. The molecule has 1 aromatic heterocycles. The zero-order valence-corrected chi connectivity index (χ0v) is 19.3. The molecule has 0 atom stereocenters. The summed E-state index contributed by atoms with van der Waals surface area (Å²) in [6.45, 7) is 4.97. The van der Waals surface area contributed by atoms with Crippen molar-refractivity contribution in [3.63, 3.8) is 0 Å². The highest BCUT2D eigenvalue weighted by Gasteiger charge is 2.18. The van der Waals surface area contributed by atoms with Crippen LogP contribution in [0.3, 0.4) is 0 Å². The number of aromatic nitrogens is 1. The van der Waals surface area contributed by atoms with Gasteiger partial charge < -0.3 is 14.8 Å². The average molecular weight is 446 g/mol. The Hall–Kier alpha value is -4.05. The fourth-order valence-electron chi connectivity index (χ4n) is 5.23. The van der Waals surface area contributed by atoms with Gasteiger partial charge in [-0.3, -0.25) is 4.79 Å². The fraction of sp³-hybridized carbons (Fsp3) is 0.167. The third kappa shape index (κ3) is 3.52. The van der Waals surface area contributed by atoms with Crippen LogP contribution in [0.25, 0.3) is 21.8 Å². The summed E-state index contributed by atoms with van der Waals surface area (Å²) in [6.07, 6.45) is 1.10. The first-order valence-corrected chi connectivity index (χ1v) is 12.0. The van der Waals surface area contributed by atoms with Gasteiger partial charge >= 0.3 is 0 Å². The Kier molecular flexibility index (Phi) is 5.06. The summed E-state index contributed by atoms with van der Waals surface area (Å²) >= 11 is 0. The number of amides is 1. The number of anilines is 2. The Bertz CT molecular complexity index is 1510. The summed E-state index contributed by atoms with van der Waals surface area (Å²) in [7, 11) is 0. The highest BCUT2D eigenvalue weighted by Crippen LogP contribution is 2.31. The lowest BCUT2D eigenvalue weighted by Gasteiger charge is -2.19. The van der Waals surface area contributed by atoms with E-state index < -0.39 is 0 Å². The molecule has 0 spiro atoms. The number of rotatable bonds is 5. The minimum Gasteiger partial charge on any atom is -0.367 e. The van der Waals surface area contributed by atoms with E-state index in [4.69, 9.17) is 0 Å².